The summed E-state index contributed by atoms with van der Waals surface area (Å²) in [4.78, 5) is 17.1. The molecule has 1 aliphatic carbocycles. The van der Waals surface area contributed by atoms with Crippen molar-refractivity contribution in [1.29, 1.82) is 0 Å². The smallest absolute Gasteiger partial charge is 0.255 e. The number of ether oxygens (including phenoxy) is 2. The van der Waals surface area contributed by atoms with Gasteiger partial charge in [-0.15, -0.1) is 0 Å². The number of carbonyl (C=O) groups is 1. The molecule has 1 amide bonds. The lowest BCUT2D eigenvalue weighted by Crippen LogP contribution is -2.24. The molecule has 32 heavy (non-hydrogen) atoms. The molecule has 0 saturated heterocycles. The summed E-state index contributed by atoms with van der Waals surface area (Å²) in [5.41, 5.74) is 3.24. The summed E-state index contributed by atoms with van der Waals surface area (Å²) < 4.78 is 24.8. The van der Waals surface area contributed by atoms with Crippen molar-refractivity contribution >= 4 is 5.91 Å². The predicted molar refractivity (Wildman–Crippen MR) is 118 cm³/mol. The van der Waals surface area contributed by atoms with Crippen molar-refractivity contribution in [3.8, 4) is 22.6 Å². The number of halogens is 1. The van der Waals surface area contributed by atoms with Crippen molar-refractivity contribution < 1.29 is 23.8 Å². The maximum absolute atomic E-state index is 14.0. The average molecular weight is 436 g/mol. The Morgan fingerprint density at radius 3 is 2.72 bits per heavy atom. The summed E-state index contributed by atoms with van der Waals surface area (Å²) in [5.74, 6) is 0.380. The zero-order valence-corrected chi connectivity index (χ0v) is 17.8. The number of pyridine rings is 1. The molecule has 1 aliphatic rings. The lowest BCUT2D eigenvalue weighted by atomic mass is 9.99. The van der Waals surface area contributed by atoms with Crippen LogP contribution in [-0.2, 0) is 13.2 Å². The number of rotatable bonds is 9. The zero-order valence-electron chi connectivity index (χ0n) is 17.8. The molecule has 4 rings (SSSR count). The SMILES string of the molecule is COc1ccc(CNC(=O)c2cc(-c3ccncc3CO)ccc2OCC2CC2)cc1F. The van der Waals surface area contributed by atoms with Crippen LogP contribution >= 0.6 is 0 Å². The lowest BCUT2D eigenvalue weighted by Gasteiger charge is -2.15. The van der Waals surface area contributed by atoms with Crippen LogP contribution in [0.4, 0.5) is 4.39 Å². The molecule has 7 heteroatoms. The highest BCUT2D eigenvalue weighted by atomic mass is 19.1. The van der Waals surface area contributed by atoms with Gasteiger partial charge in [0.1, 0.15) is 5.75 Å². The number of aromatic nitrogens is 1. The topological polar surface area (TPSA) is 80.7 Å². The van der Waals surface area contributed by atoms with Gasteiger partial charge in [0.15, 0.2) is 11.6 Å². The Bertz CT molecular complexity index is 1110. The van der Waals surface area contributed by atoms with Gasteiger partial charge < -0.3 is 19.9 Å². The number of nitrogens with zero attached hydrogens (tertiary/aromatic N) is 1. The van der Waals surface area contributed by atoms with Gasteiger partial charge in [-0.2, -0.15) is 0 Å². The van der Waals surface area contributed by atoms with Crippen molar-refractivity contribution in [2.24, 2.45) is 5.92 Å². The van der Waals surface area contributed by atoms with Crippen LogP contribution in [0.5, 0.6) is 11.5 Å². The van der Waals surface area contributed by atoms with Gasteiger partial charge in [0.2, 0.25) is 0 Å². The fraction of sp³-hybridized carbons (Fsp3) is 0.280. The first-order chi connectivity index (χ1) is 15.6. The normalized spacial score (nSPS) is 13.0. The molecule has 0 unspecified atom stereocenters. The molecule has 0 bridgehead atoms. The second kappa shape index (κ2) is 9.78. The summed E-state index contributed by atoms with van der Waals surface area (Å²) in [6.45, 7) is 0.567. The largest absolute Gasteiger partial charge is 0.494 e. The van der Waals surface area contributed by atoms with Gasteiger partial charge in [-0.25, -0.2) is 4.39 Å². The van der Waals surface area contributed by atoms with Gasteiger partial charge in [-0.05, 0) is 65.8 Å². The molecular weight excluding hydrogens is 411 g/mol. The first kappa shape index (κ1) is 21.8. The summed E-state index contributed by atoms with van der Waals surface area (Å²) in [7, 11) is 1.40. The van der Waals surface area contributed by atoms with Gasteiger partial charge in [-0.3, -0.25) is 9.78 Å². The summed E-state index contributed by atoms with van der Waals surface area (Å²) >= 11 is 0. The number of hydrogen-bond donors (Lipinski definition) is 2. The van der Waals surface area contributed by atoms with Gasteiger partial charge in [0.25, 0.3) is 5.91 Å². The minimum atomic E-state index is -0.482. The monoisotopic (exact) mass is 436 g/mol. The van der Waals surface area contributed by atoms with Gasteiger partial charge in [0, 0.05) is 24.5 Å². The molecule has 2 aromatic carbocycles. The molecular formula is C25H25FN2O4. The summed E-state index contributed by atoms with van der Waals surface area (Å²) in [6, 6.07) is 11.8. The second-order valence-electron chi connectivity index (χ2n) is 7.81. The van der Waals surface area contributed by atoms with Crippen LogP contribution in [0.25, 0.3) is 11.1 Å². The minimum absolute atomic E-state index is 0.153. The second-order valence-corrected chi connectivity index (χ2v) is 7.81. The van der Waals surface area contributed by atoms with Crippen LogP contribution in [0.2, 0.25) is 0 Å². The number of carbonyl (C=O) groups excluding carboxylic acids is 1. The van der Waals surface area contributed by atoms with E-state index in [1.807, 2.05) is 6.07 Å². The number of nitrogens with one attached hydrogen (secondary N) is 1. The molecule has 1 aromatic heterocycles. The third-order valence-electron chi connectivity index (χ3n) is 5.45. The van der Waals surface area contributed by atoms with E-state index in [9.17, 15) is 14.3 Å². The Morgan fingerprint density at radius 2 is 2.00 bits per heavy atom. The average Bonchev–Trinajstić information content (AvgIpc) is 3.66. The lowest BCUT2D eigenvalue weighted by molar-refractivity contribution is 0.0946. The highest BCUT2D eigenvalue weighted by molar-refractivity contribution is 5.98. The standard InChI is InChI=1S/C25H25FN2O4/c1-31-24-6-4-17(10-22(24)26)12-28-25(30)21-11-18(20-8-9-27-13-19(20)14-29)5-7-23(21)32-15-16-2-3-16/h4-11,13,16,29H,2-3,12,14-15H2,1H3,(H,28,30). The third kappa shape index (κ3) is 5.06. The zero-order chi connectivity index (χ0) is 22.5. The number of methoxy groups -OCH3 is 1. The number of aliphatic hydroxyl groups is 1. The van der Waals surface area contributed by atoms with E-state index in [4.69, 9.17) is 9.47 Å². The van der Waals surface area contributed by atoms with Gasteiger partial charge in [0.05, 0.1) is 25.9 Å². The Morgan fingerprint density at radius 1 is 1.19 bits per heavy atom. The van der Waals surface area contributed by atoms with Crippen LogP contribution in [0.3, 0.4) is 0 Å². The van der Waals surface area contributed by atoms with E-state index in [-0.39, 0.29) is 24.8 Å². The Kier molecular flexibility index (Phi) is 6.66. The van der Waals surface area contributed by atoms with Crippen LogP contribution in [0.1, 0.15) is 34.3 Å². The number of amides is 1. The van der Waals surface area contributed by atoms with Crippen molar-refractivity contribution in [3.05, 3.63) is 77.4 Å². The Hall–Kier alpha value is -3.45. The number of aliphatic hydroxyl groups excluding tert-OH is 1. The maximum Gasteiger partial charge on any atom is 0.255 e. The highest BCUT2D eigenvalue weighted by Gasteiger charge is 2.23. The highest BCUT2D eigenvalue weighted by Crippen LogP contribution is 2.32. The molecule has 0 radical (unpaired) electrons. The van der Waals surface area contributed by atoms with Crippen LogP contribution in [0.15, 0.2) is 54.9 Å². The molecule has 1 heterocycles. The minimum Gasteiger partial charge on any atom is -0.494 e. The van der Waals surface area contributed by atoms with E-state index < -0.39 is 5.82 Å². The molecule has 2 N–H and O–H groups in total. The number of hydrogen-bond acceptors (Lipinski definition) is 5. The van der Waals surface area contributed by atoms with E-state index in [0.29, 0.717) is 35.0 Å². The van der Waals surface area contributed by atoms with E-state index in [0.717, 1.165) is 24.0 Å². The fourth-order valence-electron chi connectivity index (χ4n) is 3.43. The number of benzene rings is 2. The van der Waals surface area contributed by atoms with Gasteiger partial charge in [-0.1, -0.05) is 12.1 Å². The van der Waals surface area contributed by atoms with E-state index in [2.05, 4.69) is 10.3 Å². The van der Waals surface area contributed by atoms with E-state index in [1.54, 1.807) is 36.7 Å². The van der Waals surface area contributed by atoms with Gasteiger partial charge >= 0.3 is 0 Å². The van der Waals surface area contributed by atoms with Crippen LogP contribution in [0, 0.1) is 11.7 Å². The predicted octanol–water partition coefficient (Wildman–Crippen LogP) is 4.11. The van der Waals surface area contributed by atoms with E-state index in [1.165, 1.54) is 19.2 Å². The molecule has 0 spiro atoms. The quantitative estimate of drug-likeness (QED) is 0.528. The van der Waals surface area contributed by atoms with Crippen molar-refractivity contribution in [2.45, 2.75) is 26.0 Å². The van der Waals surface area contributed by atoms with E-state index >= 15 is 0 Å². The molecule has 1 saturated carbocycles. The van der Waals surface area contributed by atoms with Crippen molar-refractivity contribution in [2.75, 3.05) is 13.7 Å². The first-order valence-corrected chi connectivity index (χ1v) is 10.5. The third-order valence-corrected chi connectivity index (χ3v) is 5.45. The van der Waals surface area contributed by atoms with Crippen molar-refractivity contribution in [3.63, 3.8) is 0 Å². The molecule has 1 fully saturated rings. The molecule has 0 atom stereocenters. The summed E-state index contributed by atoms with van der Waals surface area (Å²) in [5, 5.41) is 12.5. The van der Waals surface area contributed by atoms with Crippen LogP contribution in [-0.4, -0.2) is 29.7 Å². The Balaban J connectivity index is 1.58. The molecule has 6 nitrogen and oxygen atoms in total. The summed E-state index contributed by atoms with van der Waals surface area (Å²) in [6.07, 6.45) is 5.52. The molecule has 166 valence electrons. The first-order valence-electron chi connectivity index (χ1n) is 10.5. The molecule has 3 aromatic rings. The van der Waals surface area contributed by atoms with Crippen molar-refractivity contribution in [1.82, 2.24) is 10.3 Å². The fourth-order valence-corrected chi connectivity index (χ4v) is 3.43. The Labute approximate surface area is 186 Å². The van der Waals surface area contributed by atoms with Crippen LogP contribution < -0.4 is 14.8 Å². The maximum atomic E-state index is 14.0. The molecule has 0 aliphatic heterocycles.